The van der Waals surface area contributed by atoms with Gasteiger partial charge >= 0.3 is 0 Å². The molecule has 1 nitrogen and oxygen atoms in total. The highest BCUT2D eigenvalue weighted by Crippen LogP contribution is 2.50. The van der Waals surface area contributed by atoms with E-state index in [-0.39, 0.29) is 0 Å². The Morgan fingerprint density at radius 2 is 2.33 bits per heavy atom. The van der Waals surface area contributed by atoms with Crippen molar-refractivity contribution < 1.29 is 4.74 Å². The second kappa shape index (κ2) is 2.73. The monoisotopic (exact) mass is 168 g/mol. The highest BCUT2D eigenvalue weighted by Gasteiger charge is 2.55. The Kier molecular flexibility index (Phi) is 1.95. The van der Waals surface area contributed by atoms with E-state index in [9.17, 15) is 0 Å². The third-order valence-corrected chi connectivity index (χ3v) is 4.01. The lowest BCUT2D eigenvalue weighted by Crippen LogP contribution is -2.24. The van der Waals surface area contributed by atoms with Crippen LogP contribution in [0.4, 0.5) is 0 Å². The van der Waals surface area contributed by atoms with E-state index < -0.39 is 0 Å². The van der Waals surface area contributed by atoms with E-state index in [1.54, 1.807) is 0 Å². The van der Waals surface area contributed by atoms with Gasteiger partial charge in [-0.3, -0.25) is 0 Å². The molecule has 0 bridgehead atoms. The molecule has 0 spiro atoms. The van der Waals surface area contributed by atoms with E-state index in [4.69, 9.17) is 4.74 Å². The molecule has 0 N–H and O–H groups in total. The minimum absolute atomic E-state index is 0.309. The van der Waals surface area contributed by atoms with Gasteiger partial charge in [0, 0.05) is 0 Å². The highest BCUT2D eigenvalue weighted by atomic mass is 16.6. The van der Waals surface area contributed by atoms with E-state index in [0.717, 1.165) is 11.8 Å². The fraction of sp³-hybridized carbons (Fsp3) is 1.00. The van der Waals surface area contributed by atoms with Crippen LogP contribution >= 0.6 is 0 Å². The number of epoxide rings is 1. The second-order valence-corrected chi connectivity index (χ2v) is 4.84. The van der Waals surface area contributed by atoms with Gasteiger partial charge in [0.05, 0.1) is 11.7 Å². The zero-order valence-electron chi connectivity index (χ0n) is 8.47. The van der Waals surface area contributed by atoms with Crippen LogP contribution in [0.2, 0.25) is 0 Å². The van der Waals surface area contributed by atoms with Crippen LogP contribution in [0, 0.1) is 11.8 Å². The first-order chi connectivity index (χ1) is 5.65. The van der Waals surface area contributed by atoms with Crippen LogP contribution in [0.1, 0.15) is 46.5 Å². The molecule has 2 rings (SSSR count). The predicted octanol–water partition coefficient (Wildman–Crippen LogP) is 2.99. The van der Waals surface area contributed by atoms with Crippen LogP contribution in [-0.4, -0.2) is 11.7 Å². The molecule has 2 fully saturated rings. The van der Waals surface area contributed by atoms with Gasteiger partial charge in [0.2, 0.25) is 0 Å². The van der Waals surface area contributed by atoms with Gasteiger partial charge in [-0.2, -0.15) is 0 Å². The van der Waals surface area contributed by atoms with Crippen molar-refractivity contribution in [2.75, 3.05) is 0 Å². The third kappa shape index (κ3) is 1.28. The SMILES string of the molecule is CCC(C)C1CC[C@]2(C)OC2C1. The molecule has 1 aliphatic heterocycles. The van der Waals surface area contributed by atoms with Gasteiger partial charge in [0.15, 0.2) is 0 Å². The zero-order chi connectivity index (χ0) is 8.77. The maximum atomic E-state index is 5.69. The van der Waals surface area contributed by atoms with Gasteiger partial charge < -0.3 is 4.74 Å². The van der Waals surface area contributed by atoms with Crippen LogP contribution in [0.25, 0.3) is 0 Å². The largest absolute Gasteiger partial charge is 0.366 e. The number of fused-ring (bicyclic) bond motifs is 1. The molecule has 0 aromatic heterocycles. The predicted molar refractivity (Wildman–Crippen MR) is 50.1 cm³/mol. The summed E-state index contributed by atoms with van der Waals surface area (Å²) in [6, 6.07) is 0. The van der Waals surface area contributed by atoms with E-state index >= 15 is 0 Å². The van der Waals surface area contributed by atoms with Crippen LogP contribution in [0.15, 0.2) is 0 Å². The summed E-state index contributed by atoms with van der Waals surface area (Å²) in [5, 5.41) is 0. The Morgan fingerprint density at radius 1 is 1.58 bits per heavy atom. The molecule has 1 heteroatoms. The lowest BCUT2D eigenvalue weighted by molar-refractivity contribution is 0.258. The summed E-state index contributed by atoms with van der Waals surface area (Å²) >= 11 is 0. The molecule has 70 valence electrons. The molecule has 1 saturated carbocycles. The standard InChI is InChI=1S/C11H20O/c1-4-8(2)9-5-6-11(3)10(7-9)12-11/h8-10H,4-7H2,1-3H3/t8?,9?,10?,11-/m0/s1. The molecular formula is C11H20O. The average molecular weight is 168 g/mol. The Hall–Kier alpha value is -0.0400. The summed E-state index contributed by atoms with van der Waals surface area (Å²) in [6.07, 6.45) is 5.96. The summed E-state index contributed by atoms with van der Waals surface area (Å²) in [6.45, 7) is 6.95. The Labute approximate surface area is 75.5 Å². The fourth-order valence-corrected chi connectivity index (χ4v) is 2.52. The molecule has 0 radical (unpaired) electrons. The molecule has 0 aromatic rings. The Bertz CT molecular complexity index is 178. The van der Waals surface area contributed by atoms with E-state index in [0.29, 0.717) is 11.7 Å². The minimum Gasteiger partial charge on any atom is -0.366 e. The number of ether oxygens (including phenoxy) is 1. The molecule has 0 amide bonds. The van der Waals surface area contributed by atoms with Gasteiger partial charge in [0.25, 0.3) is 0 Å². The first-order valence-electron chi connectivity index (χ1n) is 5.33. The van der Waals surface area contributed by atoms with Gasteiger partial charge in [-0.05, 0) is 38.0 Å². The normalized spacial score (nSPS) is 48.2. The topological polar surface area (TPSA) is 12.5 Å². The molecule has 12 heavy (non-hydrogen) atoms. The van der Waals surface area contributed by atoms with Crippen molar-refractivity contribution in [1.82, 2.24) is 0 Å². The molecule has 0 aromatic carbocycles. The number of hydrogen-bond acceptors (Lipinski definition) is 1. The van der Waals surface area contributed by atoms with Gasteiger partial charge in [0.1, 0.15) is 0 Å². The number of hydrogen-bond donors (Lipinski definition) is 0. The maximum absolute atomic E-state index is 5.69. The smallest absolute Gasteiger partial charge is 0.0920 e. The third-order valence-electron chi connectivity index (χ3n) is 4.01. The van der Waals surface area contributed by atoms with Crippen molar-refractivity contribution in [3.63, 3.8) is 0 Å². The zero-order valence-corrected chi connectivity index (χ0v) is 8.47. The van der Waals surface area contributed by atoms with Crippen LogP contribution in [-0.2, 0) is 4.74 Å². The summed E-state index contributed by atoms with van der Waals surface area (Å²) < 4.78 is 5.69. The van der Waals surface area contributed by atoms with Crippen molar-refractivity contribution >= 4 is 0 Å². The van der Waals surface area contributed by atoms with E-state index in [2.05, 4.69) is 20.8 Å². The fourth-order valence-electron chi connectivity index (χ4n) is 2.52. The lowest BCUT2D eigenvalue weighted by Gasteiger charge is -2.26. The first-order valence-corrected chi connectivity index (χ1v) is 5.33. The average Bonchev–Trinajstić information content (AvgIpc) is 2.73. The van der Waals surface area contributed by atoms with Gasteiger partial charge in [-0.25, -0.2) is 0 Å². The van der Waals surface area contributed by atoms with Crippen molar-refractivity contribution in [1.29, 1.82) is 0 Å². The Balaban J connectivity index is 1.89. The van der Waals surface area contributed by atoms with E-state index in [1.165, 1.54) is 25.7 Å². The molecule has 1 heterocycles. The molecule has 4 atom stereocenters. The maximum Gasteiger partial charge on any atom is 0.0920 e. The van der Waals surface area contributed by atoms with Crippen LogP contribution in [0.3, 0.4) is 0 Å². The molecule has 1 aliphatic carbocycles. The highest BCUT2D eigenvalue weighted by molar-refractivity contribution is 5.03. The summed E-state index contributed by atoms with van der Waals surface area (Å²) in [5.74, 6) is 1.84. The van der Waals surface area contributed by atoms with E-state index in [1.807, 2.05) is 0 Å². The van der Waals surface area contributed by atoms with Gasteiger partial charge in [-0.15, -0.1) is 0 Å². The van der Waals surface area contributed by atoms with Crippen molar-refractivity contribution in [3.8, 4) is 0 Å². The van der Waals surface area contributed by atoms with Crippen LogP contribution in [0.5, 0.6) is 0 Å². The minimum atomic E-state index is 0.309. The molecule has 2 aliphatic rings. The van der Waals surface area contributed by atoms with Crippen molar-refractivity contribution in [3.05, 3.63) is 0 Å². The van der Waals surface area contributed by atoms with Crippen molar-refractivity contribution in [2.24, 2.45) is 11.8 Å². The second-order valence-electron chi connectivity index (χ2n) is 4.84. The Morgan fingerprint density at radius 3 is 2.92 bits per heavy atom. The quantitative estimate of drug-likeness (QED) is 0.577. The molecule has 1 saturated heterocycles. The lowest BCUT2D eigenvalue weighted by atomic mass is 9.76. The van der Waals surface area contributed by atoms with Crippen molar-refractivity contribution in [2.45, 2.75) is 58.2 Å². The van der Waals surface area contributed by atoms with Crippen LogP contribution < -0.4 is 0 Å². The summed E-state index contributed by atoms with van der Waals surface area (Å²) in [7, 11) is 0. The summed E-state index contributed by atoms with van der Waals surface area (Å²) in [4.78, 5) is 0. The molecular weight excluding hydrogens is 148 g/mol. The number of rotatable bonds is 2. The molecule has 3 unspecified atom stereocenters. The summed E-state index contributed by atoms with van der Waals surface area (Å²) in [5.41, 5.74) is 0.309. The first kappa shape index (κ1) is 8.55. The van der Waals surface area contributed by atoms with Gasteiger partial charge in [-0.1, -0.05) is 20.3 Å².